The Labute approximate surface area is 92.0 Å². The second-order valence-electron chi connectivity index (χ2n) is 5.62. The molecule has 2 unspecified atom stereocenters. The first-order valence-electron chi connectivity index (χ1n) is 6.20. The van der Waals surface area contributed by atoms with Gasteiger partial charge in [-0.2, -0.15) is 0 Å². The van der Waals surface area contributed by atoms with E-state index in [1.807, 2.05) is 0 Å². The molecule has 84 valence electrons. The molecule has 2 atom stereocenters. The van der Waals surface area contributed by atoms with Crippen LogP contribution >= 0.6 is 8.58 Å². The van der Waals surface area contributed by atoms with Crippen molar-refractivity contribution in [1.29, 1.82) is 0 Å². The van der Waals surface area contributed by atoms with Crippen LogP contribution in [0.2, 0.25) is 0 Å². The molecule has 0 bridgehead atoms. The molecular formula is C13H27P. The number of hydrogen-bond donors (Lipinski definition) is 0. The minimum Gasteiger partial charge on any atom is -0.122 e. The van der Waals surface area contributed by atoms with Crippen molar-refractivity contribution in [2.45, 2.75) is 59.0 Å². The third kappa shape index (κ3) is 2.32. The highest BCUT2D eigenvalue weighted by molar-refractivity contribution is 7.37. The molecule has 0 N–H and O–H groups in total. The van der Waals surface area contributed by atoms with Gasteiger partial charge in [-0.15, -0.1) is 8.58 Å². The monoisotopic (exact) mass is 214 g/mol. The molecule has 0 saturated heterocycles. The zero-order valence-corrected chi connectivity index (χ0v) is 11.6. The highest BCUT2D eigenvalue weighted by Crippen LogP contribution is 2.51. The molecule has 0 amide bonds. The smallest absolute Gasteiger partial charge is 0.0234 e. The van der Waals surface area contributed by atoms with Crippen molar-refractivity contribution in [3.63, 3.8) is 0 Å². The fourth-order valence-corrected chi connectivity index (χ4v) is 4.38. The van der Waals surface area contributed by atoms with Crippen LogP contribution in [-0.2, 0) is 0 Å². The summed E-state index contributed by atoms with van der Waals surface area (Å²) in [6, 6.07) is 0. The van der Waals surface area contributed by atoms with Crippen LogP contribution < -0.4 is 0 Å². The Morgan fingerprint density at radius 1 is 1.14 bits per heavy atom. The van der Waals surface area contributed by atoms with E-state index in [2.05, 4.69) is 34.4 Å². The van der Waals surface area contributed by atoms with Gasteiger partial charge in [0.25, 0.3) is 0 Å². The van der Waals surface area contributed by atoms with E-state index in [0.717, 1.165) is 26.1 Å². The van der Waals surface area contributed by atoms with Crippen molar-refractivity contribution in [2.75, 3.05) is 6.66 Å². The Morgan fingerprint density at radius 3 is 2.14 bits per heavy atom. The van der Waals surface area contributed by atoms with Gasteiger partial charge in [-0.3, -0.25) is 0 Å². The lowest BCUT2D eigenvalue weighted by Gasteiger charge is -2.47. The van der Waals surface area contributed by atoms with E-state index in [4.69, 9.17) is 0 Å². The molecule has 1 aliphatic rings. The lowest BCUT2D eigenvalue weighted by Crippen LogP contribution is -2.38. The van der Waals surface area contributed by atoms with Crippen molar-refractivity contribution >= 4 is 8.58 Å². The van der Waals surface area contributed by atoms with Gasteiger partial charge >= 0.3 is 0 Å². The molecule has 0 spiro atoms. The van der Waals surface area contributed by atoms with E-state index in [0.29, 0.717) is 5.41 Å². The molecular weight excluding hydrogens is 187 g/mol. The van der Waals surface area contributed by atoms with Gasteiger partial charge in [0.1, 0.15) is 0 Å². The van der Waals surface area contributed by atoms with Gasteiger partial charge in [0.05, 0.1) is 0 Å². The van der Waals surface area contributed by atoms with Crippen molar-refractivity contribution in [1.82, 2.24) is 0 Å². The Morgan fingerprint density at radius 2 is 1.71 bits per heavy atom. The van der Waals surface area contributed by atoms with Gasteiger partial charge in [0, 0.05) is 0 Å². The average Bonchev–Trinajstić information content (AvgIpc) is 2.17. The van der Waals surface area contributed by atoms with E-state index in [9.17, 15) is 0 Å². The average molecular weight is 214 g/mol. The maximum Gasteiger partial charge on any atom is -0.0234 e. The molecule has 0 nitrogen and oxygen atoms in total. The van der Waals surface area contributed by atoms with Crippen LogP contribution in [0.1, 0.15) is 53.4 Å². The van der Waals surface area contributed by atoms with Gasteiger partial charge in [0.2, 0.25) is 0 Å². The molecule has 0 aromatic heterocycles. The topological polar surface area (TPSA) is 0 Å². The standard InChI is InChI=1S/C13H27P/c1-10(2)13(11(3)4)8-6-7-12(9-13)14-5/h10-12,14H,6-9H2,1-5H3. The van der Waals surface area contributed by atoms with Crippen LogP contribution in [0.15, 0.2) is 0 Å². The third-order valence-corrected chi connectivity index (χ3v) is 5.84. The first-order valence-corrected chi connectivity index (χ1v) is 7.78. The zero-order valence-electron chi connectivity index (χ0n) is 10.6. The molecule has 1 saturated carbocycles. The molecule has 0 aromatic rings. The molecule has 0 radical (unpaired) electrons. The summed E-state index contributed by atoms with van der Waals surface area (Å²) in [5.41, 5.74) is 1.69. The largest absolute Gasteiger partial charge is 0.122 e. The lowest BCUT2D eigenvalue weighted by atomic mass is 9.61. The van der Waals surface area contributed by atoms with Gasteiger partial charge in [-0.25, -0.2) is 0 Å². The summed E-state index contributed by atoms with van der Waals surface area (Å²) in [6.45, 7) is 12.1. The van der Waals surface area contributed by atoms with Crippen molar-refractivity contribution in [3.05, 3.63) is 0 Å². The second-order valence-corrected chi connectivity index (χ2v) is 7.02. The van der Waals surface area contributed by atoms with Crippen molar-refractivity contribution in [2.24, 2.45) is 17.3 Å². The Hall–Kier alpha value is 0.430. The van der Waals surface area contributed by atoms with E-state index >= 15 is 0 Å². The molecule has 14 heavy (non-hydrogen) atoms. The lowest BCUT2D eigenvalue weighted by molar-refractivity contribution is 0.0613. The number of rotatable bonds is 3. The van der Waals surface area contributed by atoms with E-state index in [-0.39, 0.29) is 0 Å². The van der Waals surface area contributed by atoms with Gasteiger partial charge in [-0.1, -0.05) is 34.1 Å². The predicted octanol–water partition coefficient (Wildman–Crippen LogP) is 4.54. The molecule has 0 aromatic carbocycles. The Kier molecular flexibility index (Phi) is 4.44. The second kappa shape index (κ2) is 4.97. The first-order chi connectivity index (χ1) is 6.53. The summed E-state index contributed by atoms with van der Waals surface area (Å²) in [6.07, 6.45) is 5.94. The van der Waals surface area contributed by atoms with Gasteiger partial charge < -0.3 is 0 Å². The fraction of sp³-hybridized carbons (Fsp3) is 1.00. The third-order valence-electron chi connectivity index (χ3n) is 4.53. The summed E-state index contributed by atoms with van der Waals surface area (Å²) in [5, 5.41) is 0. The van der Waals surface area contributed by atoms with Crippen LogP contribution in [0.25, 0.3) is 0 Å². The highest BCUT2D eigenvalue weighted by atomic mass is 31.1. The predicted molar refractivity (Wildman–Crippen MR) is 68.6 cm³/mol. The van der Waals surface area contributed by atoms with Gasteiger partial charge in [-0.05, 0) is 48.8 Å². The fourth-order valence-electron chi connectivity index (χ4n) is 3.30. The van der Waals surface area contributed by atoms with Crippen molar-refractivity contribution < 1.29 is 0 Å². The van der Waals surface area contributed by atoms with Crippen LogP contribution in [0.5, 0.6) is 0 Å². The molecule has 1 aliphatic carbocycles. The molecule has 0 aliphatic heterocycles. The van der Waals surface area contributed by atoms with Crippen molar-refractivity contribution in [3.8, 4) is 0 Å². The van der Waals surface area contributed by atoms with Crippen LogP contribution in [0.3, 0.4) is 0 Å². The summed E-state index contributed by atoms with van der Waals surface area (Å²) < 4.78 is 0. The quantitative estimate of drug-likeness (QED) is 0.605. The summed E-state index contributed by atoms with van der Waals surface area (Å²) in [5.74, 6) is 1.73. The minimum absolute atomic E-state index is 0.659. The summed E-state index contributed by atoms with van der Waals surface area (Å²) >= 11 is 0. The maximum atomic E-state index is 2.43. The molecule has 1 heteroatoms. The minimum atomic E-state index is 0.659. The van der Waals surface area contributed by atoms with Crippen LogP contribution in [0, 0.1) is 17.3 Å². The summed E-state index contributed by atoms with van der Waals surface area (Å²) in [7, 11) is 1.16. The van der Waals surface area contributed by atoms with E-state index < -0.39 is 0 Å². The first kappa shape index (κ1) is 12.5. The molecule has 1 rings (SSSR count). The van der Waals surface area contributed by atoms with Gasteiger partial charge in [0.15, 0.2) is 0 Å². The SMILES string of the molecule is CPC1CCCC(C(C)C)(C(C)C)C1. The van der Waals surface area contributed by atoms with Crippen LogP contribution in [0.4, 0.5) is 0 Å². The Bertz CT molecular complexity index is 164. The molecule has 1 fully saturated rings. The normalized spacial score (nSPS) is 28.1. The highest BCUT2D eigenvalue weighted by Gasteiger charge is 2.40. The zero-order chi connectivity index (χ0) is 10.8. The summed E-state index contributed by atoms with van der Waals surface area (Å²) in [4.78, 5) is 0. The maximum absolute atomic E-state index is 2.43. The Balaban J connectivity index is 2.76. The molecule has 0 heterocycles. The van der Waals surface area contributed by atoms with Crippen LogP contribution in [-0.4, -0.2) is 12.3 Å². The van der Waals surface area contributed by atoms with E-state index in [1.54, 1.807) is 0 Å². The van der Waals surface area contributed by atoms with E-state index in [1.165, 1.54) is 25.7 Å². The number of hydrogen-bond acceptors (Lipinski definition) is 0.